The van der Waals surface area contributed by atoms with Crippen molar-refractivity contribution in [2.75, 3.05) is 19.6 Å². The molecule has 2 amide bonds. The minimum absolute atomic E-state index is 0.0285. The van der Waals surface area contributed by atoms with E-state index < -0.39 is 5.60 Å². The van der Waals surface area contributed by atoms with Crippen LogP contribution in [0.4, 0.5) is 4.79 Å². The summed E-state index contributed by atoms with van der Waals surface area (Å²) in [7, 11) is 0. The Morgan fingerprint density at radius 3 is 2.61 bits per heavy atom. The van der Waals surface area contributed by atoms with Crippen LogP contribution in [0.25, 0.3) is 0 Å². The third-order valence-electron chi connectivity index (χ3n) is 5.66. The van der Waals surface area contributed by atoms with Crippen molar-refractivity contribution < 1.29 is 9.90 Å². The van der Waals surface area contributed by atoms with Gasteiger partial charge in [-0.2, -0.15) is 0 Å². The maximum atomic E-state index is 12.5. The molecule has 1 aromatic rings. The SMILES string of the molecule is CCCC1(CNC(=O)N2CC[C@@](O)(c3ccccc3)C2)CCC1. The average molecular weight is 316 g/mol. The van der Waals surface area contributed by atoms with E-state index in [1.54, 1.807) is 4.90 Å². The topological polar surface area (TPSA) is 52.6 Å². The molecule has 1 heterocycles. The largest absolute Gasteiger partial charge is 0.383 e. The van der Waals surface area contributed by atoms with Gasteiger partial charge in [-0.3, -0.25) is 0 Å². The van der Waals surface area contributed by atoms with Crippen molar-refractivity contribution in [3.05, 3.63) is 35.9 Å². The highest BCUT2D eigenvalue weighted by molar-refractivity contribution is 5.74. The monoisotopic (exact) mass is 316 g/mol. The lowest BCUT2D eigenvalue weighted by Gasteiger charge is -2.42. The number of aliphatic hydroxyl groups is 1. The quantitative estimate of drug-likeness (QED) is 0.876. The highest BCUT2D eigenvalue weighted by Gasteiger charge is 2.41. The molecule has 3 rings (SSSR count). The molecule has 2 fully saturated rings. The maximum absolute atomic E-state index is 12.5. The van der Waals surface area contributed by atoms with Gasteiger partial charge in [0, 0.05) is 13.1 Å². The Labute approximate surface area is 138 Å². The number of rotatable bonds is 5. The number of hydrogen-bond donors (Lipinski definition) is 2. The van der Waals surface area contributed by atoms with E-state index in [2.05, 4.69) is 12.2 Å². The Kier molecular flexibility index (Phi) is 4.62. The minimum atomic E-state index is -0.907. The van der Waals surface area contributed by atoms with Gasteiger partial charge in [0.2, 0.25) is 0 Å². The number of amides is 2. The number of likely N-dealkylation sites (tertiary alicyclic amines) is 1. The highest BCUT2D eigenvalue weighted by Crippen LogP contribution is 2.44. The van der Waals surface area contributed by atoms with Crippen LogP contribution in [0.1, 0.15) is 51.0 Å². The van der Waals surface area contributed by atoms with Gasteiger partial charge in [0.05, 0.1) is 6.54 Å². The molecule has 1 saturated carbocycles. The first kappa shape index (κ1) is 16.3. The summed E-state index contributed by atoms with van der Waals surface area (Å²) in [5.41, 5.74) is 0.326. The third kappa shape index (κ3) is 3.37. The molecule has 1 atom stereocenters. The van der Waals surface area contributed by atoms with Crippen molar-refractivity contribution in [2.45, 2.75) is 51.0 Å². The first-order chi connectivity index (χ1) is 11.1. The number of hydrogen-bond acceptors (Lipinski definition) is 2. The molecule has 4 heteroatoms. The van der Waals surface area contributed by atoms with E-state index in [1.807, 2.05) is 30.3 Å². The summed E-state index contributed by atoms with van der Waals surface area (Å²) in [6.07, 6.45) is 6.72. The molecule has 2 aliphatic rings. The Bertz CT molecular complexity index is 542. The summed E-state index contributed by atoms with van der Waals surface area (Å²) < 4.78 is 0. The van der Waals surface area contributed by atoms with Gasteiger partial charge in [-0.25, -0.2) is 4.79 Å². The minimum Gasteiger partial charge on any atom is -0.383 e. The van der Waals surface area contributed by atoms with Crippen LogP contribution in [-0.2, 0) is 5.60 Å². The van der Waals surface area contributed by atoms with E-state index in [1.165, 1.54) is 32.1 Å². The van der Waals surface area contributed by atoms with Crippen LogP contribution < -0.4 is 5.32 Å². The molecule has 1 aromatic carbocycles. The van der Waals surface area contributed by atoms with Crippen LogP contribution in [-0.4, -0.2) is 35.7 Å². The third-order valence-corrected chi connectivity index (χ3v) is 5.66. The normalized spacial score (nSPS) is 25.9. The van der Waals surface area contributed by atoms with Gasteiger partial charge in [0.1, 0.15) is 5.60 Å². The lowest BCUT2D eigenvalue weighted by molar-refractivity contribution is 0.0488. The first-order valence-electron chi connectivity index (χ1n) is 8.88. The molecule has 0 aromatic heterocycles. The molecule has 0 unspecified atom stereocenters. The number of benzene rings is 1. The zero-order chi connectivity index (χ0) is 16.3. The second kappa shape index (κ2) is 6.52. The Hall–Kier alpha value is -1.55. The van der Waals surface area contributed by atoms with Crippen LogP contribution in [0.3, 0.4) is 0 Å². The van der Waals surface area contributed by atoms with Crippen molar-refractivity contribution in [3.63, 3.8) is 0 Å². The molecule has 1 aliphatic heterocycles. The maximum Gasteiger partial charge on any atom is 0.317 e. The van der Waals surface area contributed by atoms with Crippen LogP contribution >= 0.6 is 0 Å². The van der Waals surface area contributed by atoms with Gasteiger partial charge in [0.15, 0.2) is 0 Å². The highest BCUT2D eigenvalue weighted by atomic mass is 16.3. The summed E-state index contributed by atoms with van der Waals surface area (Å²) in [6.45, 7) is 3.98. The van der Waals surface area contributed by atoms with Crippen molar-refractivity contribution in [3.8, 4) is 0 Å². The fourth-order valence-electron chi connectivity index (χ4n) is 4.05. The molecule has 0 radical (unpaired) electrons. The molecular formula is C19H28N2O2. The lowest BCUT2D eigenvalue weighted by atomic mass is 9.66. The van der Waals surface area contributed by atoms with E-state index in [9.17, 15) is 9.90 Å². The van der Waals surface area contributed by atoms with Gasteiger partial charge in [-0.15, -0.1) is 0 Å². The number of carbonyl (C=O) groups excluding carboxylic acids is 1. The fourth-order valence-corrected chi connectivity index (χ4v) is 4.05. The van der Waals surface area contributed by atoms with E-state index >= 15 is 0 Å². The van der Waals surface area contributed by atoms with Crippen molar-refractivity contribution >= 4 is 6.03 Å². The van der Waals surface area contributed by atoms with E-state index in [-0.39, 0.29) is 6.03 Å². The number of β-amino-alcohol motifs (C(OH)–C–C–N with tert-alkyl or cyclic N) is 1. The predicted molar refractivity (Wildman–Crippen MR) is 91.1 cm³/mol. The molecule has 0 bridgehead atoms. The molecule has 1 saturated heterocycles. The Balaban J connectivity index is 1.55. The van der Waals surface area contributed by atoms with E-state index in [0.717, 1.165) is 12.1 Å². The van der Waals surface area contributed by atoms with Gasteiger partial charge < -0.3 is 15.3 Å². The molecule has 4 nitrogen and oxygen atoms in total. The number of nitrogens with zero attached hydrogens (tertiary/aromatic N) is 1. The molecular weight excluding hydrogens is 288 g/mol. The molecule has 23 heavy (non-hydrogen) atoms. The second-order valence-corrected chi connectivity index (χ2v) is 7.33. The average Bonchev–Trinajstić information content (AvgIpc) is 2.94. The van der Waals surface area contributed by atoms with Crippen LogP contribution in [0.2, 0.25) is 0 Å². The van der Waals surface area contributed by atoms with E-state index in [4.69, 9.17) is 0 Å². The zero-order valence-corrected chi connectivity index (χ0v) is 14.1. The van der Waals surface area contributed by atoms with Crippen LogP contribution in [0, 0.1) is 5.41 Å². The lowest BCUT2D eigenvalue weighted by Crippen LogP contribution is -2.47. The summed E-state index contributed by atoms with van der Waals surface area (Å²) in [6, 6.07) is 9.65. The smallest absolute Gasteiger partial charge is 0.317 e. The summed E-state index contributed by atoms with van der Waals surface area (Å²) >= 11 is 0. The molecule has 1 aliphatic carbocycles. The van der Waals surface area contributed by atoms with Crippen LogP contribution in [0.15, 0.2) is 30.3 Å². The predicted octanol–water partition coefficient (Wildman–Crippen LogP) is 3.26. The Morgan fingerprint density at radius 2 is 2.00 bits per heavy atom. The summed E-state index contributed by atoms with van der Waals surface area (Å²) in [5, 5.41) is 13.9. The van der Waals surface area contributed by atoms with Crippen molar-refractivity contribution in [1.82, 2.24) is 10.2 Å². The van der Waals surface area contributed by atoms with Crippen molar-refractivity contribution in [2.24, 2.45) is 5.41 Å². The van der Waals surface area contributed by atoms with Gasteiger partial charge in [-0.1, -0.05) is 50.1 Å². The van der Waals surface area contributed by atoms with E-state index in [0.29, 0.717) is 24.9 Å². The first-order valence-corrected chi connectivity index (χ1v) is 8.88. The summed E-state index contributed by atoms with van der Waals surface area (Å²) in [4.78, 5) is 14.2. The molecule has 126 valence electrons. The zero-order valence-electron chi connectivity index (χ0n) is 14.1. The standard InChI is InChI=1S/C19H28N2O2/c1-2-9-18(10-6-11-18)14-20-17(22)21-13-12-19(23,15-21)16-7-4-3-5-8-16/h3-5,7-8,23H,2,6,9-15H2,1H3,(H,20,22)/t19-/m0/s1. The number of urea groups is 1. The fraction of sp³-hybridized carbons (Fsp3) is 0.632. The van der Waals surface area contributed by atoms with Gasteiger partial charge >= 0.3 is 6.03 Å². The molecule has 0 spiro atoms. The Morgan fingerprint density at radius 1 is 1.26 bits per heavy atom. The molecule has 2 N–H and O–H groups in total. The van der Waals surface area contributed by atoms with Gasteiger partial charge in [0.25, 0.3) is 0 Å². The van der Waals surface area contributed by atoms with Gasteiger partial charge in [-0.05, 0) is 36.7 Å². The van der Waals surface area contributed by atoms with Crippen LogP contribution in [0.5, 0.6) is 0 Å². The number of nitrogens with one attached hydrogen (secondary N) is 1. The number of carbonyl (C=O) groups is 1. The van der Waals surface area contributed by atoms with Crippen molar-refractivity contribution in [1.29, 1.82) is 0 Å². The summed E-state index contributed by atoms with van der Waals surface area (Å²) in [5.74, 6) is 0. The second-order valence-electron chi connectivity index (χ2n) is 7.33.